The summed E-state index contributed by atoms with van der Waals surface area (Å²) in [5, 5.41) is 12.2. The molecular weight excluding hydrogens is 364 g/mol. The number of hydrogen-bond donors (Lipinski definition) is 2. The van der Waals surface area contributed by atoms with Crippen molar-refractivity contribution >= 4 is 5.95 Å². The van der Waals surface area contributed by atoms with E-state index in [2.05, 4.69) is 31.3 Å². The Morgan fingerprint density at radius 3 is 2.71 bits per heavy atom. The molecule has 7 nitrogen and oxygen atoms in total. The highest BCUT2D eigenvalue weighted by Gasteiger charge is 2.42. The number of hydrazine groups is 1. The summed E-state index contributed by atoms with van der Waals surface area (Å²) in [5.74, 6) is -0.355. The highest BCUT2D eigenvalue weighted by atomic mass is 19.1. The molecule has 1 aromatic heterocycles. The van der Waals surface area contributed by atoms with Crippen LogP contribution in [0.1, 0.15) is 18.0 Å². The average Bonchev–Trinajstić information content (AvgIpc) is 3.35. The van der Waals surface area contributed by atoms with E-state index in [1.165, 1.54) is 12.1 Å². The van der Waals surface area contributed by atoms with E-state index >= 15 is 0 Å². The molecule has 2 aromatic carbocycles. The van der Waals surface area contributed by atoms with Crippen molar-refractivity contribution in [3.8, 4) is 5.69 Å². The SMILES string of the molecule is Fc1ccc(C2NNC3CCN(c4nnnn4-c4ccccc4)CC32)c(F)c1. The minimum atomic E-state index is -0.573. The van der Waals surface area contributed by atoms with Gasteiger partial charge < -0.3 is 4.90 Å². The standard InChI is InChI=1S/C19H19F2N7/c20-12-6-7-14(16(21)10-12)18-15-11-27(9-8-17(15)22-23-18)19-24-25-26-28(19)13-4-2-1-3-5-13/h1-7,10,15,17-18,22-23H,8-9,11H2. The van der Waals surface area contributed by atoms with Crippen molar-refractivity contribution in [3.05, 3.63) is 65.7 Å². The zero-order valence-electron chi connectivity index (χ0n) is 15.0. The Morgan fingerprint density at radius 1 is 1.04 bits per heavy atom. The monoisotopic (exact) mass is 383 g/mol. The van der Waals surface area contributed by atoms with Crippen molar-refractivity contribution in [2.75, 3.05) is 18.0 Å². The third kappa shape index (κ3) is 2.92. The molecule has 2 aliphatic rings. The van der Waals surface area contributed by atoms with Crippen molar-refractivity contribution in [2.45, 2.75) is 18.5 Å². The Bertz CT molecular complexity index is 977. The summed E-state index contributed by atoms with van der Waals surface area (Å²) in [6.45, 7) is 1.43. The van der Waals surface area contributed by atoms with Crippen LogP contribution in [-0.2, 0) is 0 Å². The number of hydrogen-bond acceptors (Lipinski definition) is 6. The summed E-state index contributed by atoms with van der Waals surface area (Å²) in [4.78, 5) is 2.12. The number of aromatic nitrogens is 4. The molecule has 0 saturated carbocycles. The molecule has 0 spiro atoms. The summed E-state index contributed by atoms with van der Waals surface area (Å²) in [6, 6.07) is 13.4. The van der Waals surface area contributed by atoms with Gasteiger partial charge in [-0.15, -0.1) is 0 Å². The van der Waals surface area contributed by atoms with E-state index < -0.39 is 11.6 Å². The van der Waals surface area contributed by atoms with Gasteiger partial charge in [0.15, 0.2) is 0 Å². The number of fused-ring (bicyclic) bond motifs is 1. The minimum Gasteiger partial charge on any atom is -0.339 e. The van der Waals surface area contributed by atoms with Gasteiger partial charge in [-0.05, 0) is 35.0 Å². The molecule has 3 unspecified atom stereocenters. The maximum absolute atomic E-state index is 14.4. The second-order valence-electron chi connectivity index (χ2n) is 7.16. The van der Waals surface area contributed by atoms with E-state index in [1.807, 2.05) is 30.3 Å². The molecule has 0 aliphatic carbocycles. The lowest BCUT2D eigenvalue weighted by molar-refractivity contribution is 0.348. The van der Waals surface area contributed by atoms with E-state index in [-0.39, 0.29) is 18.0 Å². The number of nitrogens with one attached hydrogen (secondary N) is 2. The first-order chi connectivity index (χ1) is 13.7. The molecule has 2 saturated heterocycles. The Labute approximate surface area is 160 Å². The highest BCUT2D eigenvalue weighted by molar-refractivity contribution is 5.41. The predicted octanol–water partition coefficient (Wildman–Crippen LogP) is 1.98. The van der Waals surface area contributed by atoms with Crippen LogP contribution in [-0.4, -0.2) is 39.3 Å². The highest BCUT2D eigenvalue weighted by Crippen LogP contribution is 2.36. The van der Waals surface area contributed by atoms with Gasteiger partial charge in [-0.2, -0.15) is 4.68 Å². The van der Waals surface area contributed by atoms with E-state index in [9.17, 15) is 8.78 Å². The number of anilines is 1. The first kappa shape index (κ1) is 17.2. The Kier molecular flexibility index (Phi) is 4.25. The first-order valence-electron chi connectivity index (χ1n) is 9.25. The predicted molar refractivity (Wildman–Crippen MR) is 98.6 cm³/mol. The van der Waals surface area contributed by atoms with Crippen LogP contribution >= 0.6 is 0 Å². The largest absolute Gasteiger partial charge is 0.339 e. The normalized spacial score (nSPS) is 24.4. The van der Waals surface area contributed by atoms with Gasteiger partial charge in [0, 0.05) is 36.7 Å². The molecule has 2 fully saturated rings. The van der Waals surface area contributed by atoms with Crippen molar-refractivity contribution in [1.82, 2.24) is 31.1 Å². The second-order valence-corrected chi connectivity index (χ2v) is 7.16. The van der Waals surface area contributed by atoms with Gasteiger partial charge in [-0.25, -0.2) is 14.2 Å². The van der Waals surface area contributed by atoms with Crippen LogP contribution in [0.4, 0.5) is 14.7 Å². The molecule has 3 atom stereocenters. The van der Waals surface area contributed by atoms with Crippen molar-refractivity contribution in [1.29, 1.82) is 0 Å². The molecule has 28 heavy (non-hydrogen) atoms. The topological polar surface area (TPSA) is 70.9 Å². The van der Waals surface area contributed by atoms with Gasteiger partial charge in [0.1, 0.15) is 11.6 Å². The van der Waals surface area contributed by atoms with Gasteiger partial charge in [-0.3, -0.25) is 5.43 Å². The van der Waals surface area contributed by atoms with E-state index in [1.54, 1.807) is 4.68 Å². The van der Waals surface area contributed by atoms with Gasteiger partial charge in [0.05, 0.1) is 11.7 Å². The summed E-state index contributed by atoms with van der Waals surface area (Å²) in [7, 11) is 0. The van der Waals surface area contributed by atoms with Crippen LogP contribution in [0.2, 0.25) is 0 Å². The van der Waals surface area contributed by atoms with Crippen LogP contribution < -0.4 is 15.8 Å². The molecule has 9 heteroatoms. The number of benzene rings is 2. The van der Waals surface area contributed by atoms with E-state index in [0.29, 0.717) is 18.1 Å². The maximum Gasteiger partial charge on any atom is 0.250 e. The van der Waals surface area contributed by atoms with Crippen molar-refractivity contribution in [3.63, 3.8) is 0 Å². The molecule has 0 radical (unpaired) electrons. The van der Waals surface area contributed by atoms with E-state index in [4.69, 9.17) is 0 Å². The van der Waals surface area contributed by atoms with Gasteiger partial charge in [0.25, 0.3) is 0 Å². The Hall–Kier alpha value is -2.91. The number of rotatable bonds is 3. The van der Waals surface area contributed by atoms with Gasteiger partial charge >= 0.3 is 0 Å². The lowest BCUT2D eigenvalue weighted by Crippen LogP contribution is -2.46. The zero-order valence-corrected chi connectivity index (χ0v) is 15.0. The van der Waals surface area contributed by atoms with Crippen LogP contribution in [0.15, 0.2) is 48.5 Å². The average molecular weight is 383 g/mol. The zero-order chi connectivity index (χ0) is 19.1. The van der Waals surface area contributed by atoms with Crippen LogP contribution in [0.25, 0.3) is 5.69 Å². The van der Waals surface area contributed by atoms with Crippen molar-refractivity contribution in [2.24, 2.45) is 5.92 Å². The smallest absolute Gasteiger partial charge is 0.250 e. The summed E-state index contributed by atoms with van der Waals surface area (Å²) in [5.41, 5.74) is 7.80. The molecule has 2 aliphatic heterocycles. The summed E-state index contributed by atoms with van der Waals surface area (Å²) >= 11 is 0. The fourth-order valence-corrected chi connectivity index (χ4v) is 4.16. The molecule has 0 bridgehead atoms. The summed E-state index contributed by atoms with van der Waals surface area (Å²) < 4.78 is 29.4. The Balaban J connectivity index is 1.43. The molecule has 2 N–H and O–H groups in total. The van der Waals surface area contributed by atoms with Crippen LogP contribution in [0.3, 0.4) is 0 Å². The quantitative estimate of drug-likeness (QED) is 0.721. The maximum atomic E-state index is 14.4. The molecule has 3 aromatic rings. The number of nitrogens with zero attached hydrogens (tertiary/aromatic N) is 5. The number of para-hydroxylation sites is 1. The fraction of sp³-hybridized carbons (Fsp3) is 0.316. The van der Waals surface area contributed by atoms with Gasteiger partial charge in [0.2, 0.25) is 5.95 Å². The molecule has 0 amide bonds. The third-order valence-electron chi connectivity index (χ3n) is 5.54. The first-order valence-corrected chi connectivity index (χ1v) is 9.25. The van der Waals surface area contributed by atoms with Crippen molar-refractivity contribution < 1.29 is 8.78 Å². The molecule has 144 valence electrons. The van der Waals surface area contributed by atoms with Crippen LogP contribution in [0, 0.1) is 17.6 Å². The lowest BCUT2D eigenvalue weighted by atomic mass is 9.85. The minimum absolute atomic E-state index is 0.0923. The second kappa shape index (κ2) is 6.92. The summed E-state index contributed by atoms with van der Waals surface area (Å²) in [6.07, 6.45) is 0.860. The molecule has 5 rings (SSSR count). The van der Waals surface area contributed by atoms with Crippen LogP contribution in [0.5, 0.6) is 0 Å². The molecule has 3 heterocycles. The van der Waals surface area contributed by atoms with Gasteiger partial charge in [-0.1, -0.05) is 29.4 Å². The lowest BCUT2D eigenvalue weighted by Gasteiger charge is -2.36. The third-order valence-corrected chi connectivity index (χ3v) is 5.54. The Morgan fingerprint density at radius 2 is 1.89 bits per heavy atom. The number of piperidine rings is 1. The number of halogens is 2. The fourth-order valence-electron chi connectivity index (χ4n) is 4.16. The number of tetrazole rings is 1. The molecular formula is C19H19F2N7. The van der Waals surface area contributed by atoms with E-state index in [0.717, 1.165) is 24.7 Å².